The molecule has 1 atom stereocenters. The Hall–Kier alpha value is -1.07. The highest BCUT2D eigenvalue weighted by molar-refractivity contribution is 7.91. The molecule has 0 aromatic heterocycles. The molecule has 1 N–H and O–H groups in total. The van der Waals surface area contributed by atoms with Crippen LogP contribution in [0.15, 0.2) is 24.3 Å². The summed E-state index contributed by atoms with van der Waals surface area (Å²) >= 11 is 0. The predicted molar refractivity (Wildman–Crippen MR) is 60.1 cm³/mol. The minimum absolute atomic E-state index is 0.00190. The van der Waals surface area contributed by atoms with E-state index in [0.717, 1.165) is 5.56 Å². The molecule has 0 saturated carbocycles. The average molecular weight is 242 g/mol. The quantitative estimate of drug-likeness (QED) is 0.849. The molecular weight excluding hydrogens is 228 g/mol. The van der Waals surface area contributed by atoms with Crippen LogP contribution in [0.2, 0.25) is 0 Å². The maximum absolute atomic E-state index is 11.2. The van der Waals surface area contributed by atoms with Crippen LogP contribution in [0.5, 0.6) is 5.75 Å². The molecule has 4 nitrogen and oxygen atoms in total. The van der Waals surface area contributed by atoms with Crippen LogP contribution in [0.3, 0.4) is 0 Å². The number of rotatable bonds is 3. The van der Waals surface area contributed by atoms with E-state index in [2.05, 4.69) is 0 Å². The summed E-state index contributed by atoms with van der Waals surface area (Å²) in [5, 5.41) is 8.86. The molecule has 1 aliphatic heterocycles. The van der Waals surface area contributed by atoms with E-state index in [1.54, 1.807) is 24.3 Å². The molecule has 5 heteroatoms. The zero-order valence-electron chi connectivity index (χ0n) is 8.80. The summed E-state index contributed by atoms with van der Waals surface area (Å²) in [6.07, 6.45) is 0.328. The number of aliphatic hydroxyl groups is 1. The van der Waals surface area contributed by atoms with Gasteiger partial charge in [0.25, 0.3) is 0 Å². The highest BCUT2D eigenvalue weighted by Gasteiger charge is 2.29. The van der Waals surface area contributed by atoms with Crippen molar-refractivity contribution in [1.82, 2.24) is 0 Å². The van der Waals surface area contributed by atoms with E-state index in [1.165, 1.54) is 0 Å². The van der Waals surface area contributed by atoms with Gasteiger partial charge < -0.3 is 9.84 Å². The van der Waals surface area contributed by atoms with Crippen molar-refractivity contribution in [3.8, 4) is 5.75 Å². The van der Waals surface area contributed by atoms with Crippen LogP contribution in [0.4, 0.5) is 0 Å². The Morgan fingerprint density at radius 2 is 2.00 bits per heavy atom. The van der Waals surface area contributed by atoms with Crippen molar-refractivity contribution in [2.75, 3.05) is 11.5 Å². The molecule has 1 fully saturated rings. The number of aliphatic hydroxyl groups excluding tert-OH is 1. The second-order valence-electron chi connectivity index (χ2n) is 3.94. The van der Waals surface area contributed by atoms with Gasteiger partial charge in [0.1, 0.15) is 11.9 Å². The SMILES string of the molecule is O=S1(=O)CCC(Oc2ccc(CO)cc2)C1. The third kappa shape index (κ3) is 2.74. The third-order valence-electron chi connectivity index (χ3n) is 2.60. The first kappa shape index (κ1) is 11.4. The fraction of sp³-hybridized carbons (Fsp3) is 0.455. The number of benzene rings is 1. The first-order chi connectivity index (χ1) is 7.59. The van der Waals surface area contributed by atoms with Gasteiger partial charge in [-0.2, -0.15) is 0 Å². The van der Waals surface area contributed by atoms with E-state index in [0.29, 0.717) is 12.2 Å². The lowest BCUT2D eigenvalue weighted by molar-refractivity contribution is 0.228. The predicted octanol–water partition coefficient (Wildman–Crippen LogP) is 0.745. The molecule has 1 aliphatic rings. The topological polar surface area (TPSA) is 63.6 Å². The molecule has 1 saturated heterocycles. The molecule has 2 rings (SSSR count). The van der Waals surface area contributed by atoms with Crippen LogP contribution in [0.25, 0.3) is 0 Å². The van der Waals surface area contributed by atoms with Crippen molar-refractivity contribution < 1.29 is 18.3 Å². The summed E-state index contributed by atoms with van der Waals surface area (Å²) in [7, 11) is -2.89. The largest absolute Gasteiger partial charge is 0.489 e. The van der Waals surface area contributed by atoms with Crippen molar-refractivity contribution >= 4 is 9.84 Å². The van der Waals surface area contributed by atoms with Crippen LogP contribution in [-0.4, -0.2) is 31.1 Å². The molecule has 0 amide bonds. The Labute approximate surface area is 94.8 Å². The molecule has 0 aliphatic carbocycles. The van der Waals surface area contributed by atoms with Gasteiger partial charge in [0.2, 0.25) is 0 Å². The number of hydrogen-bond acceptors (Lipinski definition) is 4. The minimum Gasteiger partial charge on any atom is -0.489 e. The summed E-state index contributed by atoms with van der Waals surface area (Å²) in [4.78, 5) is 0. The monoisotopic (exact) mass is 242 g/mol. The highest BCUT2D eigenvalue weighted by atomic mass is 32.2. The molecule has 1 heterocycles. The van der Waals surface area contributed by atoms with Crippen molar-refractivity contribution in [2.45, 2.75) is 19.1 Å². The van der Waals surface area contributed by atoms with Crippen molar-refractivity contribution in [1.29, 1.82) is 0 Å². The molecule has 0 radical (unpaired) electrons. The molecular formula is C11H14O4S. The smallest absolute Gasteiger partial charge is 0.154 e. The third-order valence-corrected chi connectivity index (χ3v) is 4.34. The van der Waals surface area contributed by atoms with Gasteiger partial charge in [-0.15, -0.1) is 0 Å². The summed E-state index contributed by atoms with van der Waals surface area (Å²) in [6.45, 7) is -0.00190. The van der Waals surface area contributed by atoms with Gasteiger partial charge in [-0.1, -0.05) is 12.1 Å². The van der Waals surface area contributed by atoms with Crippen LogP contribution >= 0.6 is 0 Å². The minimum atomic E-state index is -2.89. The van der Waals surface area contributed by atoms with Crippen LogP contribution in [0.1, 0.15) is 12.0 Å². The zero-order valence-corrected chi connectivity index (χ0v) is 9.61. The van der Waals surface area contributed by atoms with Gasteiger partial charge in [-0.25, -0.2) is 8.42 Å². The average Bonchev–Trinajstić information content (AvgIpc) is 2.59. The summed E-state index contributed by atoms with van der Waals surface area (Å²) in [6, 6.07) is 7.02. The maximum Gasteiger partial charge on any atom is 0.154 e. The van der Waals surface area contributed by atoms with E-state index in [1.807, 2.05) is 0 Å². The molecule has 1 aromatic rings. The molecule has 0 bridgehead atoms. The fourth-order valence-corrected chi connectivity index (χ4v) is 3.31. The Kier molecular flexibility index (Phi) is 3.16. The standard InChI is InChI=1S/C11H14O4S/c12-7-9-1-3-10(4-2-9)15-11-5-6-16(13,14)8-11/h1-4,11-12H,5-8H2. The van der Waals surface area contributed by atoms with Crippen LogP contribution in [0, 0.1) is 0 Å². The van der Waals surface area contributed by atoms with Crippen molar-refractivity contribution in [2.24, 2.45) is 0 Å². The van der Waals surface area contributed by atoms with Gasteiger partial charge >= 0.3 is 0 Å². The van der Waals surface area contributed by atoms with E-state index >= 15 is 0 Å². The lowest BCUT2D eigenvalue weighted by atomic mass is 10.2. The van der Waals surface area contributed by atoms with E-state index in [4.69, 9.17) is 9.84 Å². The Balaban J connectivity index is 1.99. The number of ether oxygens (including phenoxy) is 1. The molecule has 16 heavy (non-hydrogen) atoms. The van der Waals surface area contributed by atoms with Gasteiger partial charge in [-0.3, -0.25) is 0 Å². The lowest BCUT2D eigenvalue weighted by Gasteiger charge is -2.11. The summed E-state index contributed by atoms with van der Waals surface area (Å²) < 4.78 is 28.0. The summed E-state index contributed by atoms with van der Waals surface area (Å²) in [5.74, 6) is 0.973. The van der Waals surface area contributed by atoms with Crippen LogP contribution in [-0.2, 0) is 16.4 Å². The van der Waals surface area contributed by atoms with E-state index in [9.17, 15) is 8.42 Å². The molecule has 1 unspecified atom stereocenters. The Morgan fingerprint density at radius 3 is 2.50 bits per heavy atom. The van der Waals surface area contributed by atoms with Gasteiger partial charge in [0, 0.05) is 0 Å². The first-order valence-electron chi connectivity index (χ1n) is 5.16. The Morgan fingerprint density at radius 1 is 1.31 bits per heavy atom. The fourth-order valence-electron chi connectivity index (χ4n) is 1.72. The zero-order chi connectivity index (χ0) is 11.6. The van der Waals surface area contributed by atoms with Crippen LogP contribution < -0.4 is 4.74 Å². The Bertz CT molecular complexity index is 449. The first-order valence-corrected chi connectivity index (χ1v) is 6.98. The maximum atomic E-state index is 11.2. The highest BCUT2D eigenvalue weighted by Crippen LogP contribution is 2.20. The summed E-state index contributed by atoms with van der Waals surface area (Å²) in [5.41, 5.74) is 0.811. The molecule has 1 aromatic carbocycles. The van der Waals surface area contributed by atoms with Gasteiger partial charge in [0.05, 0.1) is 18.1 Å². The number of hydrogen-bond donors (Lipinski definition) is 1. The second-order valence-corrected chi connectivity index (χ2v) is 6.17. The van der Waals surface area contributed by atoms with Gasteiger partial charge in [-0.05, 0) is 24.1 Å². The molecule has 88 valence electrons. The molecule has 0 spiro atoms. The normalized spacial score (nSPS) is 23.2. The van der Waals surface area contributed by atoms with Gasteiger partial charge in [0.15, 0.2) is 9.84 Å². The van der Waals surface area contributed by atoms with E-state index < -0.39 is 9.84 Å². The lowest BCUT2D eigenvalue weighted by Crippen LogP contribution is -2.17. The van der Waals surface area contributed by atoms with E-state index in [-0.39, 0.29) is 24.2 Å². The van der Waals surface area contributed by atoms with Crippen molar-refractivity contribution in [3.05, 3.63) is 29.8 Å². The van der Waals surface area contributed by atoms with Crippen molar-refractivity contribution in [3.63, 3.8) is 0 Å². The number of sulfone groups is 1. The second kappa shape index (κ2) is 4.43.